The fraction of sp³-hybridized carbons (Fsp3) is 0.0455. The molecule has 4 rings (SSSR count). The van der Waals surface area contributed by atoms with Crippen LogP contribution in [-0.4, -0.2) is 14.3 Å². The van der Waals surface area contributed by atoms with Gasteiger partial charge >= 0.3 is 0 Å². The third-order valence-corrected chi connectivity index (χ3v) is 7.82. The van der Waals surface area contributed by atoms with Crippen molar-refractivity contribution >= 4 is 73.9 Å². The third-order valence-electron chi connectivity index (χ3n) is 4.77. The first-order chi connectivity index (χ1) is 14.7. The van der Waals surface area contributed by atoms with E-state index in [1.54, 1.807) is 60.7 Å². The van der Waals surface area contributed by atoms with Gasteiger partial charge in [-0.15, -0.1) is 0 Å². The summed E-state index contributed by atoms with van der Waals surface area (Å²) in [7, 11) is -4.11. The molecule has 0 saturated carbocycles. The summed E-state index contributed by atoms with van der Waals surface area (Å²) in [6.07, 6.45) is 1.27. The Bertz CT molecular complexity index is 1300. The van der Waals surface area contributed by atoms with Crippen LogP contribution in [0, 0.1) is 0 Å². The van der Waals surface area contributed by atoms with Crippen molar-refractivity contribution in [3.8, 4) is 0 Å². The molecule has 0 bridgehead atoms. The zero-order chi connectivity index (χ0) is 22.3. The Hall–Kier alpha value is -2.02. The third kappa shape index (κ3) is 4.21. The van der Waals surface area contributed by atoms with Gasteiger partial charge in [-0.2, -0.15) is 0 Å². The van der Waals surface area contributed by atoms with Crippen LogP contribution < -0.4 is 4.90 Å². The molecule has 1 aliphatic heterocycles. The van der Waals surface area contributed by atoms with Crippen molar-refractivity contribution in [3.63, 3.8) is 0 Å². The lowest BCUT2D eigenvalue weighted by molar-refractivity contribution is -0.114. The van der Waals surface area contributed by atoms with Gasteiger partial charge in [0.25, 0.3) is 5.91 Å². The van der Waals surface area contributed by atoms with Gasteiger partial charge in [-0.25, -0.2) is 8.42 Å². The Balaban J connectivity index is 1.92. The highest BCUT2D eigenvalue weighted by molar-refractivity contribution is 7.97. The maximum atomic E-state index is 13.6. The molecule has 9 heteroatoms. The summed E-state index contributed by atoms with van der Waals surface area (Å²) in [4.78, 5) is 14.2. The predicted molar refractivity (Wildman–Crippen MR) is 126 cm³/mol. The van der Waals surface area contributed by atoms with E-state index in [2.05, 4.69) is 0 Å². The molecule has 1 saturated heterocycles. The second-order valence-electron chi connectivity index (χ2n) is 6.77. The van der Waals surface area contributed by atoms with Crippen molar-refractivity contribution < 1.29 is 13.2 Å². The van der Waals surface area contributed by atoms with Gasteiger partial charge in [-0.1, -0.05) is 64.6 Å². The number of rotatable bonds is 3. The number of carbonyl (C=O) groups is 1. The standard InChI is InChI=1S/C22H13Cl4NO3S/c23-15-4-1-13(2-5-15)22-27(18-9-7-16(24)8-10-18)21(28)20(31(22,29)30)11-14-3-6-17(25)12-19(14)26/h1-12,22H/b20-11-/t22-/m0/s1. The van der Waals surface area contributed by atoms with Gasteiger partial charge in [0.15, 0.2) is 5.37 Å². The molecule has 0 spiro atoms. The number of amides is 1. The molecule has 3 aromatic rings. The summed E-state index contributed by atoms with van der Waals surface area (Å²) in [5, 5.41) is 0.276. The van der Waals surface area contributed by atoms with Crippen LogP contribution in [0.1, 0.15) is 16.5 Å². The van der Waals surface area contributed by atoms with Gasteiger partial charge in [0, 0.05) is 25.8 Å². The molecular weight excluding hydrogens is 500 g/mol. The van der Waals surface area contributed by atoms with Crippen LogP contribution in [-0.2, 0) is 14.6 Å². The Morgan fingerprint density at radius 1 is 0.774 bits per heavy atom. The Labute approximate surface area is 199 Å². The lowest BCUT2D eigenvalue weighted by atomic mass is 10.1. The number of sulfone groups is 1. The number of nitrogens with zero attached hydrogens (tertiary/aromatic N) is 1. The number of halogens is 4. The minimum Gasteiger partial charge on any atom is -0.286 e. The predicted octanol–water partition coefficient (Wildman–Crippen LogP) is 6.80. The highest BCUT2D eigenvalue weighted by Crippen LogP contribution is 2.44. The minimum absolute atomic E-state index is 0.232. The van der Waals surface area contributed by atoms with Crippen LogP contribution in [0.2, 0.25) is 20.1 Å². The van der Waals surface area contributed by atoms with E-state index in [0.29, 0.717) is 31.9 Å². The molecule has 1 atom stereocenters. The molecule has 0 unspecified atom stereocenters. The van der Waals surface area contributed by atoms with Crippen LogP contribution in [0.3, 0.4) is 0 Å². The number of hydrogen-bond donors (Lipinski definition) is 0. The fourth-order valence-corrected chi connectivity index (χ4v) is 5.92. The van der Waals surface area contributed by atoms with Crippen LogP contribution in [0.25, 0.3) is 6.08 Å². The molecule has 0 radical (unpaired) electrons. The average molecular weight is 513 g/mol. The Kier molecular flexibility index (Phi) is 6.08. The monoisotopic (exact) mass is 511 g/mol. The summed E-state index contributed by atoms with van der Waals surface area (Å²) < 4.78 is 27.1. The van der Waals surface area contributed by atoms with Crippen molar-refractivity contribution in [3.05, 3.63) is 103 Å². The van der Waals surface area contributed by atoms with Crippen LogP contribution in [0.5, 0.6) is 0 Å². The van der Waals surface area contributed by atoms with E-state index in [1.165, 1.54) is 17.0 Å². The highest BCUT2D eigenvalue weighted by Gasteiger charge is 2.50. The SMILES string of the molecule is O=C1/C(=C/c2ccc(Cl)cc2Cl)S(=O)(=O)[C@@H](c2ccc(Cl)cc2)N1c1ccc(Cl)cc1. The normalized spacial score (nSPS) is 19.2. The van der Waals surface area contributed by atoms with Gasteiger partial charge < -0.3 is 0 Å². The largest absolute Gasteiger partial charge is 0.286 e. The molecule has 1 aliphatic rings. The van der Waals surface area contributed by atoms with Gasteiger partial charge in [0.05, 0.1) is 0 Å². The van der Waals surface area contributed by atoms with Crippen molar-refractivity contribution in [2.45, 2.75) is 5.37 Å². The quantitative estimate of drug-likeness (QED) is 0.362. The van der Waals surface area contributed by atoms with Gasteiger partial charge in [-0.3, -0.25) is 9.69 Å². The van der Waals surface area contributed by atoms with E-state index >= 15 is 0 Å². The molecular formula is C22H13Cl4NO3S. The maximum Gasteiger partial charge on any atom is 0.271 e. The maximum absolute atomic E-state index is 13.6. The number of benzene rings is 3. The zero-order valence-corrected chi connectivity index (χ0v) is 19.4. The molecule has 1 heterocycles. The molecule has 0 aliphatic carbocycles. The van der Waals surface area contributed by atoms with E-state index in [9.17, 15) is 13.2 Å². The summed E-state index contributed by atoms with van der Waals surface area (Å²) in [5.74, 6) is -0.673. The molecule has 31 heavy (non-hydrogen) atoms. The van der Waals surface area contributed by atoms with Crippen molar-refractivity contribution in [1.82, 2.24) is 0 Å². The van der Waals surface area contributed by atoms with E-state index in [4.69, 9.17) is 46.4 Å². The number of anilines is 1. The molecule has 4 nitrogen and oxygen atoms in total. The summed E-state index contributed by atoms with van der Waals surface area (Å²) >= 11 is 24.1. The lowest BCUT2D eigenvalue weighted by Crippen LogP contribution is -2.28. The van der Waals surface area contributed by atoms with E-state index < -0.39 is 21.1 Å². The molecule has 1 amide bonds. The van der Waals surface area contributed by atoms with E-state index in [1.807, 2.05) is 0 Å². The second kappa shape index (κ2) is 8.49. The Morgan fingerprint density at radius 3 is 1.90 bits per heavy atom. The van der Waals surface area contributed by atoms with Crippen LogP contribution in [0.4, 0.5) is 5.69 Å². The first kappa shape index (κ1) is 22.2. The molecule has 158 valence electrons. The molecule has 0 aromatic heterocycles. The van der Waals surface area contributed by atoms with E-state index in [-0.39, 0.29) is 9.93 Å². The molecule has 3 aromatic carbocycles. The van der Waals surface area contributed by atoms with Gasteiger partial charge in [-0.05, 0) is 65.7 Å². The number of carbonyl (C=O) groups excluding carboxylic acids is 1. The Morgan fingerprint density at radius 2 is 1.32 bits per heavy atom. The second-order valence-corrected chi connectivity index (χ2v) is 10.5. The zero-order valence-electron chi connectivity index (χ0n) is 15.6. The first-order valence-electron chi connectivity index (χ1n) is 8.94. The summed E-state index contributed by atoms with van der Waals surface area (Å²) in [5.41, 5.74) is 1.16. The number of hydrogen-bond acceptors (Lipinski definition) is 3. The smallest absolute Gasteiger partial charge is 0.271 e. The average Bonchev–Trinajstić information content (AvgIpc) is 2.91. The fourth-order valence-electron chi connectivity index (χ4n) is 3.32. The highest BCUT2D eigenvalue weighted by atomic mass is 35.5. The lowest BCUT2D eigenvalue weighted by Gasteiger charge is -2.23. The van der Waals surface area contributed by atoms with Crippen LogP contribution in [0.15, 0.2) is 71.6 Å². The minimum atomic E-state index is -4.11. The molecule has 0 N–H and O–H groups in total. The van der Waals surface area contributed by atoms with Gasteiger partial charge in [0.2, 0.25) is 9.84 Å². The van der Waals surface area contributed by atoms with Crippen molar-refractivity contribution in [2.24, 2.45) is 0 Å². The van der Waals surface area contributed by atoms with Crippen molar-refractivity contribution in [1.29, 1.82) is 0 Å². The summed E-state index contributed by atoms with van der Waals surface area (Å²) in [6, 6.07) is 17.3. The van der Waals surface area contributed by atoms with E-state index in [0.717, 1.165) is 0 Å². The summed E-state index contributed by atoms with van der Waals surface area (Å²) in [6.45, 7) is 0. The topological polar surface area (TPSA) is 54.5 Å². The van der Waals surface area contributed by atoms with Gasteiger partial charge in [0.1, 0.15) is 4.91 Å². The molecule has 1 fully saturated rings. The first-order valence-corrected chi connectivity index (χ1v) is 12.0. The van der Waals surface area contributed by atoms with Crippen LogP contribution >= 0.6 is 46.4 Å². The van der Waals surface area contributed by atoms with Crippen molar-refractivity contribution in [2.75, 3.05) is 4.90 Å².